The third kappa shape index (κ3) is 3.73. The van der Waals surface area contributed by atoms with Crippen LogP contribution in [0.1, 0.15) is 25.7 Å². The lowest BCUT2D eigenvalue weighted by Crippen LogP contribution is -2.42. The number of carbonyl (C=O) groups is 1. The van der Waals surface area contributed by atoms with Crippen molar-refractivity contribution in [1.29, 1.82) is 0 Å². The van der Waals surface area contributed by atoms with Crippen molar-refractivity contribution >= 4 is 11.7 Å². The van der Waals surface area contributed by atoms with Crippen LogP contribution in [-0.2, 0) is 0 Å². The Morgan fingerprint density at radius 3 is 2.42 bits per heavy atom. The quantitative estimate of drug-likeness (QED) is 0.901. The normalized spacial score (nSPS) is 20.6. The van der Waals surface area contributed by atoms with E-state index in [1.54, 1.807) is 17.3 Å². The molecule has 0 spiro atoms. The van der Waals surface area contributed by atoms with Crippen LogP contribution in [0.25, 0.3) is 5.69 Å². The van der Waals surface area contributed by atoms with E-state index in [1.807, 2.05) is 31.3 Å². The SMILES string of the molecule is CN(C(=O)Nc1ccc(-n2nccn2)cc1)C1CCC(CO)CC1. The average molecular weight is 329 g/mol. The van der Waals surface area contributed by atoms with Crippen LogP contribution in [0, 0.1) is 5.92 Å². The second kappa shape index (κ2) is 7.44. The van der Waals surface area contributed by atoms with Gasteiger partial charge in [0.05, 0.1) is 18.1 Å². The summed E-state index contributed by atoms with van der Waals surface area (Å²) in [6.07, 6.45) is 7.08. The molecule has 3 rings (SSSR count). The highest BCUT2D eigenvalue weighted by Crippen LogP contribution is 2.27. The van der Waals surface area contributed by atoms with E-state index in [0.717, 1.165) is 37.1 Å². The second-order valence-electron chi connectivity index (χ2n) is 6.26. The van der Waals surface area contributed by atoms with Crippen LogP contribution in [-0.4, -0.2) is 50.7 Å². The van der Waals surface area contributed by atoms with E-state index >= 15 is 0 Å². The van der Waals surface area contributed by atoms with Gasteiger partial charge < -0.3 is 15.3 Å². The van der Waals surface area contributed by atoms with Crippen molar-refractivity contribution in [3.63, 3.8) is 0 Å². The fourth-order valence-electron chi connectivity index (χ4n) is 3.12. The molecule has 1 aliphatic rings. The van der Waals surface area contributed by atoms with Gasteiger partial charge in [-0.15, -0.1) is 0 Å². The summed E-state index contributed by atoms with van der Waals surface area (Å²) in [5, 5.41) is 20.3. The van der Waals surface area contributed by atoms with Gasteiger partial charge in [-0.3, -0.25) is 0 Å². The first kappa shape index (κ1) is 16.4. The first-order valence-electron chi connectivity index (χ1n) is 8.29. The minimum absolute atomic E-state index is 0.104. The molecule has 0 unspecified atom stereocenters. The number of anilines is 1. The van der Waals surface area contributed by atoms with Crippen LogP contribution in [0.2, 0.25) is 0 Å². The molecular weight excluding hydrogens is 306 g/mol. The van der Waals surface area contributed by atoms with Crippen LogP contribution < -0.4 is 5.32 Å². The lowest BCUT2D eigenvalue weighted by molar-refractivity contribution is 0.139. The van der Waals surface area contributed by atoms with Gasteiger partial charge in [0.2, 0.25) is 0 Å². The molecule has 2 aromatic rings. The smallest absolute Gasteiger partial charge is 0.321 e. The molecule has 128 valence electrons. The molecule has 0 aliphatic heterocycles. The van der Waals surface area contributed by atoms with E-state index in [4.69, 9.17) is 0 Å². The van der Waals surface area contributed by atoms with Crippen molar-refractivity contribution in [2.75, 3.05) is 19.0 Å². The number of rotatable bonds is 4. The van der Waals surface area contributed by atoms with Crippen molar-refractivity contribution in [2.45, 2.75) is 31.7 Å². The predicted molar refractivity (Wildman–Crippen MR) is 91.0 cm³/mol. The standard InChI is InChI=1S/C17H23N5O2/c1-21(15-6-2-13(12-23)3-7-15)17(24)20-14-4-8-16(9-5-14)22-18-10-11-19-22/h4-5,8-11,13,15,23H,2-3,6-7,12H2,1H3,(H,20,24). The highest BCUT2D eigenvalue weighted by atomic mass is 16.3. The Balaban J connectivity index is 1.56. The van der Waals surface area contributed by atoms with Crippen molar-refractivity contribution < 1.29 is 9.90 Å². The molecule has 1 heterocycles. The summed E-state index contributed by atoms with van der Waals surface area (Å²) < 4.78 is 0. The number of amides is 2. The lowest BCUT2D eigenvalue weighted by Gasteiger charge is -2.34. The Labute approximate surface area is 141 Å². The topological polar surface area (TPSA) is 83.3 Å². The summed E-state index contributed by atoms with van der Waals surface area (Å²) in [5.41, 5.74) is 1.58. The third-order valence-electron chi connectivity index (χ3n) is 4.71. The maximum Gasteiger partial charge on any atom is 0.321 e. The summed E-state index contributed by atoms with van der Waals surface area (Å²) in [7, 11) is 1.83. The van der Waals surface area contributed by atoms with Gasteiger partial charge in [0.15, 0.2) is 0 Å². The van der Waals surface area contributed by atoms with E-state index in [1.165, 1.54) is 4.80 Å². The molecule has 0 saturated heterocycles. The van der Waals surface area contributed by atoms with E-state index in [0.29, 0.717) is 5.92 Å². The lowest BCUT2D eigenvalue weighted by atomic mass is 9.86. The van der Waals surface area contributed by atoms with E-state index in [-0.39, 0.29) is 18.7 Å². The highest BCUT2D eigenvalue weighted by molar-refractivity contribution is 5.89. The molecule has 24 heavy (non-hydrogen) atoms. The minimum atomic E-state index is -0.104. The Morgan fingerprint density at radius 1 is 1.21 bits per heavy atom. The van der Waals surface area contributed by atoms with Crippen LogP contribution in [0.5, 0.6) is 0 Å². The van der Waals surface area contributed by atoms with Gasteiger partial charge in [-0.1, -0.05) is 0 Å². The van der Waals surface area contributed by atoms with Gasteiger partial charge in [-0.25, -0.2) is 4.79 Å². The zero-order valence-electron chi connectivity index (χ0n) is 13.8. The number of hydrogen-bond acceptors (Lipinski definition) is 4. The summed E-state index contributed by atoms with van der Waals surface area (Å²) in [5.74, 6) is 0.390. The van der Waals surface area contributed by atoms with Crippen LogP contribution in [0.4, 0.5) is 10.5 Å². The van der Waals surface area contributed by atoms with E-state index in [2.05, 4.69) is 15.5 Å². The number of aromatic nitrogens is 3. The average Bonchev–Trinajstić information content (AvgIpc) is 3.16. The summed E-state index contributed by atoms with van der Waals surface area (Å²) in [6.45, 7) is 0.250. The Kier molecular flexibility index (Phi) is 5.10. The molecule has 1 aliphatic carbocycles. The monoisotopic (exact) mass is 329 g/mol. The number of benzene rings is 1. The molecule has 2 amide bonds. The summed E-state index contributed by atoms with van der Waals surface area (Å²) in [4.78, 5) is 15.7. The van der Waals surface area contributed by atoms with Crippen LogP contribution in [0.15, 0.2) is 36.7 Å². The third-order valence-corrected chi connectivity index (χ3v) is 4.71. The number of carbonyl (C=O) groups excluding carboxylic acids is 1. The van der Waals surface area contributed by atoms with Gasteiger partial charge in [0.25, 0.3) is 0 Å². The fourth-order valence-corrected chi connectivity index (χ4v) is 3.12. The minimum Gasteiger partial charge on any atom is -0.396 e. The molecular formula is C17H23N5O2. The maximum absolute atomic E-state index is 12.4. The molecule has 1 saturated carbocycles. The summed E-state index contributed by atoms with van der Waals surface area (Å²) in [6, 6.07) is 7.54. The van der Waals surface area contributed by atoms with Gasteiger partial charge in [-0.05, 0) is 55.9 Å². The predicted octanol–water partition coefficient (Wildman–Crippen LogP) is 2.28. The number of hydrogen-bond donors (Lipinski definition) is 2. The van der Waals surface area contributed by atoms with Gasteiger partial charge >= 0.3 is 6.03 Å². The molecule has 7 heteroatoms. The van der Waals surface area contributed by atoms with Crippen LogP contribution >= 0.6 is 0 Å². The molecule has 1 fully saturated rings. The molecule has 0 bridgehead atoms. The molecule has 0 atom stereocenters. The molecule has 7 nitrogen and oxygen atoms in total. The molecule has 0 radical (unpaired) electrons. The van der Waals surface area contributed by atoms with Gasteiger partial charge in [-0.2, -0.15) is 15.0 Å². The molecule has 1 aromatic carbocycles. The molecule has 2 N–H and O–H groups in total. The zero-order valence-corrected chi connectivity index (χ0v) is 13.8. The fraction of sp³-hybridized carbons (Fsp3) is 0.471. The zero-order chi connectivity index (χ0) is 16.9. The number of aliphatic hydroxyl groups is 1. The largest absolute Gasteiger partial charge is 0.396 e. The van der Waals surface area contributed by atoms with E-state index < -0.39 is 0 Å². The number of aliphatic hydroxyl groups excluding tert-OH is 1. The van der Waals surface area contributed by atoms with Gasteiger partial charge in [0, 0.05) is 25.4 Å². The first-order chi connectivity index (χ1) is 11.7. The van der Waals surface area contributed by atoms with Crippen molar-refractivity contribution in [3.8, 4) is 5.69 Å². The number of nitrogens with zero attached hydrogens (tertiary/aromatic N) is 4. The van der Waals surface area contributed by atoms with E-state index in [9.17, 15) is 9.90 Å². The highest BCUT2D eigenvalue weighted by Gasteiger charge is 2.26. The van der Waals surface area contributed by atoms with Gasteiger partial charge in [0.1, 0.15) is 0 Å². The number of nitrogens with one attached hydrogen (secondary N) is 1. The maximum atomic E-state index is 12.4. The Hall–Kier alpha value is -2.41. The first-order valence-corrected chi connectivity index (χ1v) is 8.29. The Morgan fingerprint density at radius 2 is 1.83 bits per heavy atom. The molecule has 1 aromatic heterocycles. The summed E-state index contributed by atoms with van der Waals surface area (Å²) >= 11 is 0. The van der Waals surface area contributed by atoms with Crippen molar-refractivity contribution in [3.05, 3.63) is 36.7 Å². The van der Waals surface area contributed by atoms with Crippen LogP contribution in [0.3, 0.4) is 0 Å². The second-order valence-corrected chi connectivity index (χ2v) is 6.26. The van der Waals surface area contributed by atoms with Crippen molar-refractivity contribution in [2.24, 2.45) is 5.92 Å². The van der Waals surface area contributed by atoms with Crippen molar-refractivity contribution in [1.82, 2.24) is 19.9 Å². The Bertz CT molecular complexity index is 648. The number of urea groups is 1.